The third kappa shape index (κ3) is 4.01. The molecule has 0 aliphatic carbocycles. The highest BCUT2D eigenvalue weighted by molar-refractivity contribution is 6.30. The van der Waals surface area contributed by atoms with Crippen molar-refractivity contribution in [2.45, 2.75) is 13.0 Å². The summed E-state index contributed by atoms with van der Waals surface area (Å²) in [5.41, 5.74) is 2.57. The van der Waals surface area contributed by atoms with Gasteiger partial charge in [-0.05, 0) is 40.6 Å². The maximum Gasteiger partial charge on any atom is 0.224 e. The van der Waals surface area contributed by atoms with Crippen molar-refractivity contribution in [3.05, 3.63) is 89.1 Å². The Balaban J connectivity index is 1.40. The number of nitrogens with zero attached hydrogens (tertiary/aromatic N) is 1. The molecule has 1 aromatic heterocycles. The van der Waals surface area contributed by atoms with Crippen LogP contribution < -0.4 is 5.32 Å². The van der Waals surface area contributed by atoms with Gasteiger partial charge in [-0.25, -0.2) is 0 Å². The Morgan fingerprint density at radius 1 is 1.00 bits per heavy atom. The standard InChI is InChI=1S/C22H17ClN2O2/c23-18-10-8-16(9-11-18)21-13-19(25-27-21)14-24-22(26)12-17-6-3-5-15-4-1-2-7-20(15)17/h1-11,13H,12,14H2,(H,24,26). The quantitative estimate of drug-likeness (QED) is 0.532. The van der Waals surface area contributed by atoms with Gasteiger partial charge in [0.15, 0.2) is 5.76 Å². The Kier molecular flexibility index (Phi) is 4.90. The minimum Gasteiger partial charge on any atom is -0.356 e. The fourth-order valence-electron chi connectivity index (χ4n) is 3.02. The zero-order chi connectivity index (χ0) is 18.6. The van der Waals surface area contributed by atoms with Crippen LogP contribution in [0.5, 0.6) is 0 Å². The lowest BCUT2D eigenvalue weighted by molar-refractivity contribution is -0.120. The second kappa shape index (κ2) is 7.64. The number of fused-ring (bicyclic) bond motifs is 1. The van der Waals surface area contributed by atoms with Crippen LogP contribution in [-0.2, 0) is 17.8 Å². The average Bonchev–Trinajstić information content (AvgIpc) is 3.16. The number of benzene rings is 3. The molecule has 1 amide bonds. The molecule has 134 valence electrons. The zero-order valence-electron chi connectivity index (χ0n) is 14.5. The summed E-state index contributed by atoms with van der Waals surface area (Å²) in [6.07, 6.45) is 0.323. The van der Waals surface area contributed by atoms with Crippen LogP contribution in [0.3, 0.4) is 0 Å². The molecular weight excluding hydrogens is 360 g/mol. The fraction of sp³-hybridized carbons (Fsp3) is 0.0909. The number of carbonyl (C=O) groups is 1. The first-order valence-corrected chi connectivity index (χ1v) is 9.02. The molecule has 0 unspecified atom stereocenters. The summed E-state index contributed by atoms with van der Waals surface area (Å²) in [5.74, 6) is 0.590. The lowest BCUT2D eigenvalue weighted by Crippen LogP contribution is -2.24. The van der Waals surface area contributed by atoms with E-state index in [2.05, 4.69) is 10.5 Å². The van der Waals surface area contributed by atoms with Crippen molar-refractivity contribution in [2.24, 2.45) is 0 Å². The van der Waals surface area contributed by atoms with Crippen molar-refractivity contribution in [1.29, 1.82) is 0 Å². The van der Waals surface area contributed by atoms with E-state index in [1.165, 1.54) is 0 Å². The summed E-state index contributed by atoms with van der Waals surface area (Å²) in [6, 6.07) is 23.2. The highest BCUT2D eigenvalue weighted by atomic mass is 35.5. The van der Waals surface area contributed by atoms with Crippen molar-refractivity contribution in [2.75, 3.05) is 0 Å². The van der Waals surface area contributed by atoms with Crippen LogP contribution in [0.2, 0.25) is 5.02 Å². The summed E-state index contributed by atoms with van der Waals surface area (Å²) in [4.78, 5) is 12.4. The number of rotatable bonds is 5. The summed E-state index contributed by atoms with van der Waals surface area (Å²) < 4.78 is 5.35. The van der Waals surface area contributed by atoms with Crippen molar-refractivity contribution in [3.63, 3.8) is 0 Å². The molecule has 4 rings (SSSR count). The normalized spacial score (nSPS) is 10.9. The van der Waals surface area contributed by atoms with Gasteiger partial charge in [-0.2, -0.15) is 0 Å². The van der Waals surface area contributed by atoms with E-state index in [-0.39, 0.29) is 5.91 Å². The molecule has 1 heterocycles. The maximum atomic E-state index is 12.4. The molecule has 0 saturated carbocycles. The summed E-state index contributed by atoms with van der Waals surface area (Å²) in [6.45, 7) is 0.320. The van der Waals surface area contributed by atoms with Gasteiger partial charge in [0.2, 0.25) is 5.91 Å². The molecule has 1 N–H and O–H groups in total. The third-order valence-corrected chi connectivity index (χ3v) is 4.64. The zero-order valence-corrected chi connectivity index (χ0v) is 15.2. The first-order chi connectivity index (χ1) is 13.2. The number of hydrogen-bond donors (Lipinski definition) is 1. The SMILES string of the molecule is O=C(Cc1cccc2ccccc12)NCc1cc(-c2ccc(Cl)cc2)on1. The van der Waals surface area contributed by atoms with Gasteiger partial charge in [-0.15, -0.1) is 0 Å². The van der Waals surface area contributed by atoms with E-state index < -0.39 is 0 Å². The Hall–Kier alpha value is -3.11. The number of carbonyl (C=O) groups excluding carboxylic acids is 1. The van der Waals surface area contributed by atoms with E-state index in [0.29, 0.717) is 29.4 Å². The molecule has 0 aliphatic heterocycles. The Bertz CT molecular complexity index is 1080. The highest BCUT2D eigenvalue weighted by Crippen LogP contribution is 2.22. The first kappa shape index (κ1) is 17.3. The van der Waals surface area contributed by atoms with Gasteiger partial charge in [-0.3, -0.25) is 4.79 Å². The van der Waals surface area contributed by atoms with Gasteiger partial charge in [0.05, 0.1) is 13.0 Å². The summed E-state index contributed by atoms with van der Waals surface area (Å²) in [5, 5.41) is 9.82. The minimum atomic E-state index is -0.0533. The maximum absolute atomic E-state index is 12.4. The van der Waals surface area contributed by atoms with Crippen LogP contribution >= 0.6 is 11.6 Å². The van der Waals surface area contributed by atoms with Crippen LogP contribution in [0.25, 0.3) is 22.1 Å². The van der Waals surface area contributed by atoms with E-state index in [1.807, 2.05) is 60.7 Å². The van der Waals surface area contributed by atoms with Gasteiger partial charge in [0.1, 0.15) is 5.69 Å². The molecule has 0 atom stereocenters. The molecule has 4 nitrogen and oxygen atoms in total. The summed E-state index contributed by atoms with van der Waals surface area (Å²) >= 11 is 5.90. The monoisotopic (exact) mass is 376 g/mol. The number of hydrogen-bond acceptors (Lipinski definition) is 3. The molecule has 27 heavy (non-hydrogen) atoms. The Morgan fingerprint density at radius 2 is 1.78 bits per heavy atom. The van der Waals surface area contributed by atoms with Crippen molar-refractivity contribution in [1.82, 2.24) is 10.5 Å². The first-order valence-electron chi connectivity index (χ1n) is 8.64. The van der Waals surface area contributed by atoms with E-state index in [0.717, 1.165) is 21.9 Å². The molecule has 3 aromatic carbocycles. The van der Waals surface area contributed by atoms with Gasteiger partial charge < -0.3 is 9.84 Å². The molecule has 0 spiro atoms. The van der Waals surface area contributed by atoms with Gasteiger partial charge in [0, 0.05) is 16.7 Å². The minimum absolute atomic E-state index is 0.0533. The lowest BCUT2D eigenvalue weighted by Gasteiger charge is -2.07. The molecule has 5 heteroatoms. The molecule has 0 fully saturated rings. The third-order valence-electron chi connectivity index (χ3n) is 4.39. The molecule has 4 aromatic rings. The van der Waals surface area contributed by atoms with Crippen molar-refractivity contribution >= 4 is 28.3 Å². The van der Waals surface area contributed by atoms with Gasteiger partial charge >= 0.3 is 0 Å². The number of aromatic nitrogens is 1. The van der Waals surface area contributed by atoms with E-state index >= 15 is 0 Å². The smallest absolute Gasteiger partial charge is 0.224 e. The topological polar surface area (TPSA) is 55.1 Å². The predicted octanol–water partition coefficient (Wildman–Crippen LogP) is 5.01. The highest BCUT2D eigenvalue weighted by Gasteiger charge is 2.10. The second-order valence-corrected chi connectivity index (χ2v) is 6.72. The van der Waals surface area contributed by atoms with Gasteiger partial charge in [0.25, 0.3) is 0 Å². The molecule has 0 aliphatic rings. The number of amides is 1. The van der Waals surface area contributed by atoms with E-state index in [4.69, 9.17) is 16.1 Å². The van der Waals surface area contributed by atoms with Crippen LogP contribution in [0.1, 0.15) is 11.3 Å². The van der Waals surface area contributed by atoms with Crippen molar-refractivity contribution < 1.29 is 9.32 Å². The fourth-order valence-corrected chi connectivity index (χ4v) is 3.14. The molecule has 0 bridgehead atoms. The van der Waals surface area contributed by atoms with Crippen LogP contribution in [0.4, 0.5) is 0 Å². The summed E-state index contributed by atoms with van der Waals surface area (Å²) in [7, 11) is 0. The number of nitrogens with one attached hydrogen (secondary N) is 1. The van der Waals surface area contributed by atoms with E-state index in [9.17, 15) is 4.79 Å². The van der Waals surface area contributed by atoms with Crippen LogP contribution in [-0.4, -0.2) is 11.1 Å². The van der Waals surface area contributed by atoms with Crippen molar-refractivity contribution in [3.8, 4) is 11.3 Å². The van der Waals surface area contributed by atoms with Crippen LogP contribution in [0, 0.1) is 0 Å². The largest absolute Gasteiger partial charge is 0.356 e. The predicted molar refractivity (Wildman–Crippen MR) is 106 cm³/mol. The lowest BCUT2D eigenvalue weighted by atomic mass is 10.0. The number of halogens is 1. The molecule has 0 saturated heterocycles. The Labute approximate surface area is 161 Å². The van der Waals surface area contributed by atoms with Crippen LogP contribution in [0.15, 0.2) is 77.3 Å². The Morgan fingerprint density at radius 3 is 2.63 bits per heavy atom. The second-order valence-electron chi connectivity index (χ2n) is 6.28. The molecule has 0 radical (unpaired) electrons. The average molecular weight is 377 g/mol. The van der Waals surface area contributed by atoms with E-state index in [1.54, 1.807) is 12.1 Å². The van der Waals surface area contributed by atoms with Gasteiger partial charge in [-0.1, -0.05) is 59.2 Å². The molecular formula is C22H17ClN2O2.